The van der Waals surface area contributed by atoms with E-state index in [1.54, 1.807) is 0 Å². The number of likely N-dealkylation sites (tertiary alicyclic amines) is 1. The molecule has 1 aliphatic heterocycles. The summed E-state index contributed by atoms with van der Waals surface area (Å²) in [6, 6.07) is 6.46. The number of urea groups is 1. The van der Waals surface area contributed by atoms with Gasteiger partial charge in [0.25, 0.3) is 0 Å². The molecule has 0 aliphatic carbocycles. The molecular weight excluding hydrogens is 346 g/mol. The Morgan fingerprint density at radius 2 is 1.71 bits per heavy atom. The molecule has 0 spiro atoms. The third-order valence-electron chi connectivity index (χ3n) is 5.97. The Hall–Kier alpha value is -1.55. The molecule has 1 aromatic rings. The van der Waals surface area contributed by atoms with Crippen molar-refractivity contribution in [3.8, 4) is 0 Å². The highest BCUT2D eigenvalue weighted by molar-refractivity contribution is 5.91. The Morgan fingerprint density at radius 3 is 2.21 bits per heavy atom. The van der Waals surface area contributed by atoms with Crippen LogP contribution < -0.4 is 5.32 Å². The molecule has 28 heavy (non-hydrogen) atoms. The lowest BCUT2D eigenvalue weighted by atomic mass is 9.92. The van der Waals surface area contributed by atoms with Gasteiger partial charge in [0.2, 0.25) is 0 Å². The topological polar surface area (TPSA) is 35.6 Å². The van der Waals surface area contributed by atoms with Gasteiger partial charge in [-0.15, -0.1) is 0 Å². The van der Waals surface area contributed by atoms with Crippen molar-refractivity contribution >= 4 is 11.7 Å². The summed E-state index contributed by atoms with van der Waals surface area (Å²) in [5.74, 6) is 1.48. The van der Waals surface area contributed by atoms with Crippen LogP contribution in [-0.2, 0) is 0 Å². The summed E-state index contributed by atoms with van der Waals surface area (Å²) >= 11 is 0. The van der Waals surface area contributed by atoms with Crippen molar-refractivity contribution in [1.29, 1.82) is 0 Å². The SMILES string of the molecule is CCCCN(C)CC1CCN(C(=O)Nc2c(C(C)C)cccc2C(C)C)CC1. The molecule has 4 nitrogen and oxygen atoms in total. The second-order valence-corrected chi connectivity index (χ2v) is 9.10. The van der Waals surface area contributed by atoms with E-state index < -0.39 is 0 Å². The van der Waals surface area contributed by atoms with Gasteiger partial charge in [0.1, 0.15) is 0 Å². The van der Waals surface area contributed by atoms with Crippen molar-refractivity contribution in [2.24, 2.45) is 5.92 Å². The van der Waals surface area contributed by atoms with Crippen molar-refractivity contribution in [2.75, 3.05) is 38.5 Å². The Morgan fingerprint density at radius 1 is 1.14 bits per heavy atom. The molecule has 1 saturated heterocycles. The van der Waals surface area contributed by atoms with E-state index in [0.29, 0.717) is 17.8 Å². The smallest absolute Gasteiger partial charge is 0.321 e. The standard InChI is InChI=1S/C24H41N3O/c1-7-8-14-26(6)17-20-12-15-27(16-13-20)24(28)25-23-21(18(2)3)10-9-11-22(23)19(4)5/h9-11,18-20H,7-8,12-17H2,1-6H3,(H,25,28). The van der Waals surface area contributed by atoms with Gasteiger partial charge >= 0.3 is 6.03 Å². The quantitative estimate of drug-likeness (QED) is 0.602. The molecule has 4 heteroatoms. The van der Waals surface area contributed by atoms with E-state index in [9.17, 15) is 4.79 Å². The minimum absolute atomic E-state index is 0.0628. The van der Waals surface area contributed by atoms with Gasteiger partial charge in [0.05, 0.1) is 0 Å². The number of carbonyl (C=O) groups is 1. The zero-order valence-electron chi connectivity index (χ0n) is 18.9. The van der Waals surface area contributed by atoms with Crippen LogP contribution in [0.3, 0.4) is 0 Å². The normalized spacial score (nSPS) is 15.7. The lowest BCUT2D eigenvalue weighted by Crippen LogP contribution is -2.43. The van der Waals surface area contributed by atoms with Crippen molar-refractivity contribution in [2.45, 2.75) is 72.1 Å². The highest BCUT2D eigenvalue weighted by Crippen LogP contribution is 2.33. The number of amides is 2. The van der Waals surface area contributed by atoms with Crippen molar-refractivity contribution in [1.82, 2.24) is 9.80 Å². The number of benzene rings is 1. The van der Waals surface area contributed by atoms with Crippen molar-refractivity contribution in [3.63, 3.8) is 0 Å². The molecule has 158 valence electrons. The van der Waals surface area contributed by atoms with Gasteiger partial charge in [0.15, 0.2) is 0 Å². The number of hydrogen-bond donors (Lipinski definition) is 1. The Labute approximate surface area is 172 Å². The van der Waals surface area contributed by atoms with Gasteiger partial charge in [0, 0.05) is 25.3 Å². The molecule has 1 heterocycles. The summed E-state index contributed by atoms with van der Waals surface area (Å²) < 4.78 is 0. The van der Waals surface area contributed by atoms with Crippen LogP contribution in [0.25, 0.3) is 0 Å². The molecule has 1 aromatic carbocycles. The van der Waals surface area contributed by atoms with E-state index in [2.05, 4.69) is 70.1 Å². The first kappa shape index (κ1) is 22.7. The van der Waals surface area contributed by atoms with Crippen LogP contribution >= 0.6 is 0 Å². The van der Waals surface area contributed by atoms with Crippen LogP contribution in [0.4, 0.5) is 10.5 Å². The first-order valence-electron chi connectivity index (χ1n) is 11.2. The number of carbonyl (C=O) groups excluding carboxylic acids is 1. The van der Waals surface area contributed by atoms with Crippen LogP contribution in [0.15, 0.2) is 18.2 Å². The minimum Gasteiger partial charge on any atom is -0.325 e. The average Bonchev–Trinajstić information content (AvgIpc) is 2.66. The van der Waals surface area contributed by atoms with E-state index in [1.807, 2.05) is 4.90 Å². The third kappa shape index (κ3) is 6.23. The summed E-state index contributed by atoms with van der Waals surface area (Å²) in [6.07, 6.45) is 4.73. The fourth-order valence-corrected chi connectivity index (χ4v) is 4.16. The van der Waals surface area contributed by atoms with Crippen LogP contribution in [0.5, 0.6) is 0 Å². The largest absolute Gasteiger partial charge is 0.325 e. The maximum absolute atomic E-state index is 13.0. The molecule has 0 saturated carbocycles. The molecular formula is C24H41N3O. The third-order valence-corrected chi connectivity index (χ3v) is 5.97. The first-order valence-corrected chi connectivity index (χ1v) is 11.2. The van der Waals surface area contributed by atoms with Gasteiger partial charge in [-0.05, 0) is 61.7 Å². The molecule has 0 aromatic heterocycles. The summed E-state index contributed by atoms with van der Waals surface area (Å²) in [5.41, 5.74) is 3.48. The van der Waals surface area contributed by atoms with Crippen LogP contribution in [0, 0.1) is 5.92 Å². The molecule has 1 N–H and O–H groups in total. The zero-order chi connectivity index (χ0) is 20.7. The van der Waals surface area contributed by atoms with E-state index in [0.717, 1.165) is 38.2 Å². The van der Waals surface area contributed by atoms with Crippen LogP contribution in [-0.4, -0.2) is 49.1 Å². The van der Waals surface area contributed by atoms with Crippen LogP contribution in [0.1, 0.15) is 83.3 Å². The number of unbranched alkanes of at least 4 members (excludes halogenated alkanes) is 1. The van der Waals surface area contributed by atoms with E-state index >= 15 is 0 Å². The molecule has 0 atom stereocenters. The second kappa shape index (κ2) is 10.8. The molecule has 0 radical (unpaired) electrons. The molecule has 0 bridgehead atoms. The Bertz CT molecular complexity index is 592. The number of nitrogens with one attached hydrogen (secondary N) is 1. The van der Waals surface area contributed by atoms with Gasteiger partial charge in [-0.25, -0.2) is 4.79 Å². The molecule has 1 aliphatic rings. The minimum atomic E-state index is 0.0628. The molecule has 0 unspecified atom stereocenters. The number of nitrogens with zero attached hydrogens (tertiary/aromatic N) is 2. The molecule has 1 fully saturated rings. The lowest BCUT2D eigenvalue weighted by Gasteiger charge is -2.34. The number of rotatable bonds is 8. The summed E-state index contributed by atoms with van der Waals surface area (Å²) in [7, 11) is 2.23. The maximum atomic E-state index is 13.0. The Kier molecular flexibility index (Phi) is 8.81. The fourth-order valence-electron chi connectivity index (χ4n) is 4.16. The van der Waals surface area contributed by atoms with E-state index in [4.69, 9.17) is 0 Å². The number of para-hydroxylation sites is 1. The predicted molar refractivity (Wildman–Crippen MR) is 120 cm³/mol. The summed E-state index contributed by atoms with van der Waals surface area (Å²) in [5, 5.41) is 3.27. The van der Waals surface area contributed by atoms with E-state index in [1.165, 1.54) is 30.5 Å². The predicted octanol–water partition coefficient (Wildman–Crippen LogP) is 5.91. The van der Waals surface area contributed by atoms with Gasteiger partial charge < -0.3 is 15.1 Å². The number of piperidine rings is 1. The summed E-state index contributed by atoms with van der Waals surface area (Å²) in [4.78, 5) is 17.5. The first-order chi connectivity index (χ1) is 13.3. The number of anilines is 1. The lowest BCUT2D eigenvalue weighted by molar-refractivity contribution is 0.163. The molecule has 2 rings (SSSR count). The average molecular weight is 388 g/mol. The highest BCUT2D eigenvalue weighted by atomic mass is 16.2. The monoisotopic (exact) mass is 387 g/mol. The zero-order valence-corrected chi connectivity index (χ0v) is 18.9. The van der Waals surface area contributed by atoms with Crippen molar-refractivity contribution < 1.29 is 4.79 Å². The summed E-state index contributed by atoms with van der Waals surface area (Å²) in [6.45, 7) is 15.1. The van der Waals surface area contributed by atoms with E-state index in [-0.39, 0.29) is 6.03 Å². The highest BCUT2D eigenvalue weighted by Gasteiger charge is 2.25. The maximum Gasteiger partial charge on any atom is 0.321 e. The van der Waals surface area contributed by atoms with Gasteiger partial charge in [-0.1, -0.05) is 59.2 Å². The van der Waals surface area contributed by atoms with Gasteiger partial charge in [-0.3, -0.25) is 0 Å². The van der Waals surface area contributed by atoms with Crippen molar-refractivity contribution in [3.05, 3.63) is 29.3 Å². The van der Waals surface area contributed by atoms with Crippen LogP contribution in [0.2, 0.25) is 0 Å². The molecule has 2 amide bonds. The number of hydrogen-bond acceptors (Lipinski definition) is 2. The fraction of sp³-hybridized carbons (Fsp3) is 0.708. The Balaban J connectivity index is 1.96. The second-order valence-electron chi connectivity index (χ2n) is 9.10. The van der Waals surface area contributed by atoms with Gasteiger partial charge in [-0.2, -0.15) is 0 Å².